The maximum Gasteiger partial charge on any atom is 0.410 e. The molecule has 1 aliphatic heterocycles. The molecule has 1 saturated heterocycles. The Bertz CT molecular complexity index is 550. The molecule has 2 heterocycles. The van der Waals surface area contributed by atoms with Crippen LogP contribution < -0.4 is 5.32 Å². The van der Waals surface area contributed by atoms with Crippen molar-refractivity contribution in [2.45, 2.75) is 45.3 Å². The molecular weight excluding hydrogens is 296 g/mol. The number of nitrogens with one attached hydrogen (secondary N) is 1. The van der Waals surface area contributed by atoms with E-state index >= 15 is 0 Å². The van der Waals surface area contributed by atoms with Crippen LogP contribution in [0.5, 0.6) is 0 Å². The lowest BCUT2D eigenvalue weighted by atomic mass is 10.1. The van der Waals surface area contributed by atoms with E-state index in [0.717, 1.165) is 12.8 Å². The van der Waals surface area contributed by atoms with E-state index in [0.29, 0.717) is 18.8 Å². The Balaban J connectivity index is 1.74. The normalized spacial score (nSPS) is 16.6. The number of nitrogens with zero attached hydrogens (tertiary/aromatic N) is 1. The molecule has 0 unspecified atom stereocenters. The van der Waals surface area contributed by atoms with Crippen LogP contribution in [-0.4, -0.2) is 41.6 Å². The highest BCUT2D eigenvalue weighted by molar-refractivity contribution is 5.91. The average Bonchev–Trinajstić information content (AvgIpc) is 2.97. The minimum Gasteiger partial charge on any atom is -0.465 e. The van der Waals surface area contributed by atoms with Gasteiger partial charge in [-0.15, -0.1) is 0 Å². The third kappa shape index (κ3) is 5.81. The highest BCUT2D eigenvalue weighted by atomic mass is 16.6. The van der Waals surface area contributed by atoms with Crippen molar-refractivity contribution in [3.63, 3.8) is 0 Å². The quantitative estimate of drug-likeness (QED) is 0.869. The molecule has 0 atom stereocenters. The average molecular weight is 320 g/mol. The van der Waals surface area contributed by atoms with Gasteiger partial charge in [0.1, 0.15) is 11.4 Å². The fourth-order valence-corrected chi connectivity index (χ4v) is 2.33. The van der Waals surface area contributed by atoms with Gasteiger partial charge >= 0.3 is 6.09 Å². The molecule has 6 nitrogen and oxygen atoms in total. The SMILES string of the molecule is CC(C)(C)OC(=O)N1CCC(NC(=O)C=Cc2ccco2)CC1. The first kappa shape index (κ1) is 17.1. The van der Waals surface area contributed by atoms with Gasteiger partial charge in [0.2, 0.25) is 5.91 Å². The van der Waals surface area contributed by atoms with E-state index in [1.165, 1.54) is 6.08 Å². The van der Waals surface area contributed by atoms with Gasteiger partial charge in [-0.25, -0.2) is 4.79 Å². The Morgan fingerprint density at radius 2 is 2.04 bits per heavy atom. The second-order valence-corrected chi connectivity index (χ2v) is 6.60. The molecule has 0 spiro atoms. The van der Waals surface area contributed by atoms with E-state index in [1.54, 1.807) is 29.4 Å². The van der Waals surface area contributed by atoms with Crippen LogP contribution in [-0.2, 0) is 9.53 Å². The molecule has 0 aromatic carbocycles. The smallest absolute Gasteiger partial charge is 0.410 e. The summed E-state index contributed by atoms with van der Waals surface area (Å²) in [6.45, 7) is 6.72. The third-order valence-corrected chi connectivity index (χ3v) is 3.44. The maximum absolute atomic E-state index is 12.0. The molecule has 1 fully saturated rings. The number of hydrogen-bond acceptors (Lipinski definition) is 4. The van der Waals surface area contributed by atoms with Gasteiger partial charge in [0.15, 0.2) is 0 Å². The minimum atomic E-state index is -0.487. The molecule has 2 rings (SSSR count). The largest absolute Gasteiger partial charge is 0.465 e. The van der Waals surface area contributed by atoms with E-state index in [1.807, 2.05) is 20.8 Å². The highest BCUT2D eigenvalue weighted by Crippen LogP contribution is 2.15. The minimum absolute atomic E-state index is 0.0717. The lowest BCUT2D eigenvalue weighted by Crippen LogP contribution is -2.47. The van der Waals surface area contributed by atoms with E-state index in [-0.39, 0.29) is 18.0 Å². The van der Waals surface area contributed by atoms with Crippen molar-refractivity contribution in [1.29, 1.82) is 0 Å². The van der Waals surface area contributed by atoms with Crippen molar-refractivity contribution in [2.24, 2.45) is 0 Å². The van der Waals surface area contributed by atoms with Crippen LogP contribution in [0, 0.1) is 0 Å². The molecule has 1 aromatic heterocycles. The van der Waals surface area contributed by atoms with Crippen LogP contribution in [0.25, 0.3) is 6.08 Å². The summed E-state index contributed by atoms with van der Waals surface area (Å²) in [5.74, 6) is 0.483. The summed E-state index contributed by atoms with van der Waals surface area (Å²) in [5.41, 5.74) is -0.487. The van der Waals surface area contributed by atoms with Gasteiger partial charge < -0.3 is 19.4 Å². The standard InChI is InChI=1S/C17H24N2O4/c1-17(2,3)23-16(21)19-10-8-13(9-11-19)18-15(20)7-6-14-5-4-12-22-14/h4-7,12-13H,8-11H2,1-3H3,(H,18,20). The summed E-state index contributed by atoms with van der Waals surface area (Å²) in [7, 11) is 0. The zero-order chi connectivity index (χ0) is 16.9. The highest BCUT2D eigenvalue weighted by Gasteiger charge is 2.27. The molecule has 6 heteroatoms. The van der Waals surface area contributed by atoms with Gasteiger partial charge in [-0.1, -0.05) is 0 Å². The van der Waals surface area contributed by atoms with E-state index in [9.17, 15) is 9.59 Å². The predicted octanol–water partition coefficient (Wildman–Crippen LogP) is 2.81. The van der Waals surface area contributed by atoms with Crippen LogP contribution >= 0.6 is 0 Å². The number of ether oxygens (including phenoxy) is 1. The Labute approximate surface area is 136 Å². The Hall–Kier alpha value is -2.24. The molecule has 2 amide bonds. The Morgan fingerprint density at radius 3 is 2.61 bits per heavy atom. The van der Waals surface area contributed by atoms with Gasteiger partial charge in [0, 0.05) is 25.2 Å². The van der Waals surface area contributed by atoms with Gasteiger partial charge in [0.25, 0.3) is 0 Å². The fraction of sp³-hybridized carbons (Fsp3) is 0.529. The number of amides is 2. The molecule has 0 saturated carbocycles. The van der Waals surface area contributed by atoms with Crippen LogP contribution in [0.2, 0.25) is 0 Å². The Morgan fingerprint density at radius 1 is 1.35 bits per heavy atom. The first-order valence-electron chi connectivity index (χ1n) is 7.83. The molecular formula is C17H24N2O4. The number of carbonyl (C=O) groups is 2. The topological polar surface area (TPSA) is 71.8 Å². The summed E-state index contributed by atoms with van der Waals surface area (Å²) < 4.78 is 10.5. The monoisotopic (exact) mass is 320 g/mol. The number of likely N-dealkylation sites (tertiary alicyclic amines) is 1. The molecule has 126 valence electrons. The summed E-state index contributed by atoms with van der Waals surface area (Å²) >= 11 is 0. The first-order valence-corrected chi connectivity index (χ1v) is 7.83. The van der Waals surface area contributed by atoms with Crippen molar-refractivity contribution >= 4 is 18.1 Å². The van der Waals surface area contributed by atoms with Crippen molar-refractivity contribution in [3.8, 4) is 0 Å². The summed E-state index contributed by atoms with van der Waals surface area (Å²) in [6.07, 6.45) is 5.80. The first-order chi connectivity index (χ1) is 10.8. The Kier molecular flexibility index (Phi) is 5.47. The second kappa shape index (κ2) is 7.35. The predicted molar refractivity (Wildman–Crippen MR) is 86.7 cm³/mol. The van der Waals surface area contributed by atoms with Crippen molar-refractivity contribution in [3.05, 3.63) is 30.2 Å². The summed E-state index contributed by atoms with van der Waals surface area (Å²) in [6, 6.07) is 3.62. The number of carbonyl (C=O) groups excluding carboxylic acids is 2. The lowest BCUT2D eigenvalue weighted by molar-refractivity contribution is -0.117. The molecule has 1 N–H and O–H groups in total. The molecule has 1 aliphatic rings. The second-order valence-electron chi connectivity index (χ2n) is 6.60. The van der Waals surface area contributed by atoms with Crippen LogP contribution in [0.4, 0.5) is 4.79 Å². The van der Waals surface area contributed by atoms with Gasteiger partial charge in [0.05, 0.1) is 6.26 Å². The van der Waals surface area contributed by atoms with Crippen LogP contribution in [0.15, 0.2) is 28.9 Å². The van der Waals surface area contributed by atoms with E-state index in [4.69, 9.17) is 9.15 Å². The molecule has 0 aliphatic carbocycles. The molecule has 0 radical (unpaired) electrons. The maximum atomic E-state index is 12.0. The summed E-state index contributed by atoms with van der Waals surface area (Å²) in [4.78, 5) is 25.5. The zero-order valence-corrected chi connectivity index (χ0v) is 13.9. The van der Waals surface area contributed by atoms with Crippen molar-refractivity contribution in [1.82, 2.24) is 10.2 Å². The number of piperidine rings is 1. The van der Waals surface area contributed by atoms with Crippen molar-refractivity contribution in [2.75, 3.05) is 13.1 Å². The van der Waals surface area contributed by atoms with Crippen LogP contribution in [0.3, 0.4) is 0 Å². The number of furan rings is 1. The van der Waals surface area contributed by atoms with Crippen LogP contribution in [0.1, 0.15) is 39.4 Å². The van der Waals surface area contributed by atoms with E-state index in [2.05, 4.69) is 5.32 Å². The lowest BCUT2D eigenvalue weighted by Gasteiger charge is -2.33. The molecule has 0 bridgehead atoms. The van der Waals surface area contributed by atoms with Crippen molar-refractivity contribution < 1.29 is 18.7 Å². The van der Waals surface area contributed by atoms with Gasteiger partial charge in [-0.05, 0) is 51.8 Å². The zero-order valence-electron chi connectivity index (χ0n) is 13.9. The number of rotatable bonds is 3. The summed E-state index contributed by atoms with van der Waals surface area (Å²) in [5, 5.41) is 2.94. The fourth-order valence-electron chi connectivity index (χ4n) is 2.33. The third-order valence-electron chi connectivity index (χ3n) is 3.44. The van der Waals surface area contributed by atoms with Gasteiger partial charge in [-0.2, -0.15) is 0 Å². The van der Waals surface area contributed by atoms with E-state index < -0.39 is 5.60 Å². The number of hydrogen-bond donors (Lipinski definition) is 1. The molecule has 1 aromatic rings. The van der Waals surface area contributed by atoms with Gasteiger partial charge in [-0.3, -0.25) is 4.79 Å². The molecule has 23 heavy (non-hydrogen) atoms.